The third kappa shape index (κ3) is 4.49. The first kappa shape index (κ1) is 14.8. The Morgan fingerprint density at radius 2 is 2.15 bits per heavy atom. The SMILES string of the molecule is Nc1ccc(F)c(NC(=O)CCOCC2CCCC2)c1. The highest BCUT2D eigenvalue weighted by Crippen LogP contribution is 2.24. The third-order valence-electron chi connectivity index (χ3n) is 3.57. The maximum Gasteiger partial charge on any atom is 0.226 e. The molecule has 4 nitrogen and oxygen atoms in total. The van der Waals surface area contributed by atoms with Crippen LogP contribution >= 0.6 is 0 Å². The van der Waals surface area contributed by atoms with Gasteiger partial charge in [-0.3, -0.25) is 4.79 Å². The van der Waals surface area contributed by atoms with Crippen LogP contribution < -0.4 is 11.1 Å². The van der Waals surface area contributed by atoms with E-state index in [0.29, 0.717) is 18.2 Å². The van der Waals surface area contributed by atoms with E-state index in [4.69, 9.17) is 10.5 Å². The molecule has 0 unspecified atom stereocenters. The van der Waals surface area contributed by atoms with Crippen molar-refractivity contribution in [1.82, 2.24) is 0 Å². The Balaban J connectivity index is 1.68. The summed E-state index contributed by atoms with van der Waals surface area (Å²) in [4.78, 5) is 11.7. The summed E-state index contributed by atoms with van der Waals surface area (Å²) in [5.41, 5.74) is 6.08. The minimum Gasteiger partial charge on any atom is -0.399 e. The van der Waals surface area contributed by atoms with Crippen LogP contribution in [0.1, 0.15) is 32.1 Å². The van der Waals surface area contributed by atoms with Gasteiger partial charge in [-0.15, -0.1) is 0 Å². The molecule has 0 heterocycles. The lowest BCUT2D eigenvalue weighted by Gasteiger charge is -2.10. The number of amides is 1. The molecule has 3 N–H and O–H groups in total. The molecule has 0 atom stereocenters. The molecule has 0 saturated heterocycles. The summed E-state index contributed by atoms with van der Waals surface area (Å²) < 4.78 is 18.9. The Kier molecular flexibility index (Phi) is 5.35. The molecular weight excluding hydrogens is 259 g/mol. The number of halogens is 1. The summed E-state index contributed by atoms with van der Waals surface area (Å²) in [5, 5.41) is 2.51. The second-order valence-corrected chi connectivity index (χ2v) is 5.26. The average molecular weight is 280 g/mol. The van der Waals surface area contributed by atoms with Crippen molar-refractivity contribution >= 4 is 17.3 Å². The summed E-state index contributed by atoms with van der Waals surface area (Å²) in [5.74, 6) is -0.107. The number of carbonyl (C=O) groups excluding carboxylic acids is 1. The van der Waals surface area contributed by atoms with E-state index in [1.807, 2.05) is 0 Å². The number of benzene rings is 1. The molecule has 1 aliphatic carbocycles. The first-order valence-corrected chi connectivity index (χ1v) is 7.08. The van der Waals surface area contributed by atoms with Crippen LogP contribution in [0.15, 0.2) is 18.2 Å². The second-order valence-electron chi connectivity index (χ2n) is 5.26. The molecule has 0 bridgehead atoms. The van der Waals surface area contributed by atoms with E-state index < -0.39 is 5.82 Å². The normalized spacial score (nSPS) is 15.4. The van der Waals surface area contributed by atoms with E-state index in [1.165, 1.54) is 43.9 Å². The topological polar surface area (TPSA) is 64.3 Å². The molecule has 20 heavy (non-hydrogen) atoms. The summed E-state index contributed by atoms with van der Waals surface area (Å²) in [6.45, 7) is 1.09. The van der Waals surface area contributed by atoms with Crippen LogP contribution in [0.25, 0.3) is 0 Å². The first-order chi connectivity index (χ1) is 9.65. The smallest absolute Gasteiger partial charge is 0.226 e. The van der Waals surface area contributed by atoms with Crippen molar-refractivity contribution in [3.05, 3.63) is 24.0 Å². The molecule has 110 valence electrons. The number of anilines is 2. The van der Waals surface area contributed by atoms with Gasteiger partial charge in [-0.1, -0.05) is 12.8 Å². The summed E-state index contributed by atoms with van der Waals surface area (Å²) in [6, 6.07) is 4.10. The zero-order valence-electron chi connectivity index (χ0n) is 11.5. The Labute approximate surface area is 118 Å². The lowest BCUT2D eigenvalue weighted by molar-refractivity contribution is -0.117. The highest BCUT2D eigenvalue weighted by atomic mass is 19.1. The summed E-state index contributed by atoms with van der Waals surface area (Å²) in [7, 11) is 0. The van der Waals surface area contributed by atoms with Crippen LogP contribution in [0, 0.1) is 11.7 Å². The molecule has 0 spiro atoms. The van der Waals surface area contributed by atoms with Gasteiger partial charge in [0.05, 0.1) is 18.7 Å². The Morgan fingerprint density at radius 1 is 1.40 bits per heavy atom. The number of carbonyl (C=O) groups is 1. The van der Waals surface area contributed by atoms with E-state index in [1.54, 1.807) is 0 Å². The van der Waals surface area contributed by atoms with Gasteiger partial charge < -0.3 is 15.8 Å². The molecule has 1 fully saturated rings. The van der Waals surface area contributed by atoms with Gasteiger partial charge in [0.2, 0.25) is 5.91 Å². The van der Waals surface area contributed by atoms with E-state index in [2.05, 4.69) is 5.32 Å². The number of nitrogens with one attached hydrogen (secondary N) is 1. The third-order valence-corrected chi connectivity index (χ3v) is 3.57. The largest absolute Gasteiger partial charge is 0.399 e. The van der Waals surface area contributed by atoms with E-state index in [9.17, 15) is 9.18 Å². The number of rotatable bonds is 6. The number of ether oxygens (including phenoxy) is 1. The second kappa shape index (κ2) is 7.24. The predicted octanol–water partition coefficient (Wildman–Crippen LogP) is 2.94. The van der Waals surface area contributed by atoms with Crippen LogP contribution in [-0.4, -0.2) is 19.1 Å². The number of hydrogen-bond acceptors (Lipinski definition) is 3. The molecule has 0 aromatic heterocycles. The zero-order valence-corrected chi connectivity index (χ0v) is 11.5. The minimum atomic E-state index is -0.487. The van der Waals surface area contributed by atoms with Gasteiger partial charge in [-0.25, -0.2) is 4.39 Å². The minimum absolute atomic E-state index is 0.116. The Morgan fingerprint density at radius 3 is 2.90 bits per heavy atom. The van der Waals surface area contributed by atoms with Gasteiger partial charge in [0.1, 0.15) is 5.82 Å². The first-order valence-electron chi connectivity index (χ1n) is 7.08. The lowest BCUT2D eigenvalue weighted by Crippen LogP contribution is -2.16. The summed E-state index contributed by atoms with van der Waals surface area (Å²) in [6.07, 6.45) is 5.23. The van der Waals surface area contributed by atoms with E-state index >= 15 is 0 Å². The summed E-state index contributed by atoms with van der Waals surface area (Å²) >= 11 is 0. The van der Waals surface area contributed by atoms with Gasteiger partial charge in [0.15, 0.2) is 0 Å². The number of nitrogens with two attached hydrogens (primary N) is 1. The van der Waals surface area contributed by atoms with Gasteiger partial charge in [0, 0.05) is 12.3 Å². The van der Waals surface area contributed by atoms with Crippen molar-refractivity contribution in [2.75, 3.05) is 24.3 Å². The Hall–Kier alpha value is -1.62. The average Bonchev–Trinajstić information content (AvgIpc) is 2.92. The van der Waals surface area contributed by atoms with Crippen molar-refractivity contribution in [2.24, 2.45) is 5.92 Å². The fourth-order valence-corrected chi connectivity index (χ4v) is 2.44. The van der Waals surface area contributed by atoms with Crippen molar-refractivity contribution in [2.45, 2.75) is 32.1 Å². The van der Waals surface area contributed by atoms with Gasteiger partial charge in [-0.05, 0) is 37.0 Å². The van der Waals surface area contributed by atoms with Crippen LogP contribution in [-0.2, 0) is 9.53 Å². The molecule has 0 radical (unpaired) electrons. The van der Waals surface area contributed by atoms with Gasteiger partial charge >= 0.3 is 0 Å². The van der Waals surface area contributed by atoms with Gasteiger partial charge in [0.25, 0.3) is 0 Å². The molecule has 1 amide bonds. The Bertz CT molecular complexity index is 459. The molecule has 1 aliphatic rings. The monoisotopic (exact) mass is 280 g/mol. The van der Waals surface area contributed by atoms with Crippen LogP contribution in [0.3, 0.4) is 0 Å². The van der Waals surface area contributed by atoms with E-state index in [0.717, 1.165) is 6.61 Å². The fourth-order valence-electron chi connectivity index (χ4n) is 2.44. The van der Waals surface area contributed by atoms with Crippen molar-refractivity contribution in [3.63, 3.8) is 0 Å². The molecule has 1 aromatic carbocycles. The molecule has 0 aliphatic heterocycles. The lowest BCUT2D eigenvalue weighted by atomic mass is 10.1. The predicted molar refractivity (Wildman–Crippen MR) is 76.8 cm³/mol. The highest BCUT2D eigenvalue weighted by molar-refractivity contribution is 5.91. The van der Waals surface area contributed by atoms with Crippen LogP contribution in [0.2, 0.25) is 0 Å². The van der Waals surface area contributed by atoms with E-state index in [-0.39, 0.29) is 18.0 Å². The molecule has 1 aromatic rings. The highest BCUT2D eigenvalue weighted by Gasteiger charge is 2.15. The molecule has 1 saturated carbocycles. The van der Waals surface area contributed by atoms with Crippen LogP contribution in [0.4, 0.5) is 15.8 Å². The van der Waals surface area contributed by atoms with Crippen molar-refractivity contribution < 1.29 is 13.9 Å². The van der Waals surface area contributed by atoms with Gasteiger partial charge in [-0.2, -0.15) is 0 Å². The number of hydrogen-bond donors (Lipinski definition) is 2. The quantitative estimate of drug-likeness (QED) is 0.622. The maximum absolute atomic E-state index is 13.4. The van der Waals surface area contributed by atoms with Crippen LogP contribution in [0.5, 0.6) is 0 Å². The number of nitrogen functional groups attached to an aromatic ring is 1. The molecule has 2 rings (SSSR count). The fraction of sp³-hybridized carbons (Fsp3) is 0.533. The van der Waals surface area contributed by atoms with Crippen molar-refractivity contribution in [1.29, 1.82) is 0 Å². The molecular formula is C15H21FN2O2. The standard InChI is InChI=1S/C15H21FN2O2/c16-13-6-5-12(17)9-14(13)18-15(19)7-8-20-10-11-3-1-2-4-11/h5-6,9,11H,1-4,7-8,10,17H2,(H,18,19). The van der Waals surface area contributed by atoms with Crippen molar-refractivity contribution in [3.8, 4) is 0 Å². The maximum atomic E-state index is 13.4. The molecule has 5 heteroatoms. The zero-order chi connectivity index (χ0) is 14.4.